The van der Waals surface area contributed by atoms with Crippen LogP contribution in [0.2, 0.25) is 5.02 Å². The second-order valence-corrected chi connectivity index (χ2v) is 4.94. The molecule has 0 N–H and O–H groups in total. The maximum absolute atomic E-state index is 6.18. The van der Waals surface area contributed by atoms with E-state index in [0.29, 0.717) is 11.6 Å². The number of nitrogens with zero attached hydrogens (tertiary/aromatic N) is 2. The molecule has 18 heavy (non-hydrogen) atoms. The molecule has 0 unspecified atom stereocenters. The molecule has 0 saturated carbocycles. The van der Waals surface area contributed by atoms with Gasteiger partial charge in [-0.05, 0) is 13.0 Å². The lowest BCUT2D eigenvalue weighted by Gasteiger charge is -2.10. The normalized spacial score (nSPS) is 10.7. The molecule has 2 rings (SSSR count). The molecule has 0 saturated heterocycles. The minimum absolute atomic E-state index is 0.417. The van der Waals surface area contributed by atoms with Crippen LogP contribution in [0.5, 0.6) is 5.75 Å². The third-order valence-electron chi connectivity index (χ3n) is 2.74. The molecule has 0 aliphatic rings. The van der Waals surface area contributed by atoms with Crippen LogP contribution in [0.25, 0.3) is 0 Å². The Hall–Kier alpha value is -1.000. The van der Waals surface area contributed by atoms with Crippen molar-refractivity contribution in [3.63, 3.8) is 0 Å². The molecule has 2 aromatic rings. The molecule has 0 bridgehead atoms. The highest BCUT2D eigenvalue weighted by Gasteiger charge is 2.12. The molecule has 1 aromatic heterocycles. The first-order valence-corrected chi connectivity index (χ1v) is 7.08. The van der Waals surface area contributed by atoms with Gasteiger partial charge in [-0.3, -0.25) is 4.68 Å². The van der Waals surface area contributed by atoms with E-state index in [1.54, 1.807) is 4.68 Å². The second-order valence-electron chi connectivity index (χ2n) is 4.00. The zero-order chi connectivity index (χ0) is 13.1. The number of ether oxygens (including phenoxy) is 1. The maximum Gasteiger partial charge on any atom is 0.131 e. The Morgan fingerprint density at radius 3 is 2.72 bits per heavy atom. The molecule has 1 aromatic carbocycles. The van der Waals surface area contributed by atoms with Gasteiger partial charge in [0.15, 0.2) is 0 Å². The van der Waals surface area contributed by atoms with Gasteiger partial charge in [-0.15, -0.1) is 0 Å². The summed E-state index contributed by atoms with van der Waals surface area (Å²) in [5, 5.41) is 5.70. The lowest BCUT2D eigenvalue weighted by atomic mass is 10.2. The quantitative estimate of drug-likeness (QED) is 0.797. The molecular formula is C13H14BrClN2O. The number of hydrogen-bond acceptors (Lipinski definition) is 2. The van der Waals surface area contributed by atoms with Crippen LogP contribution in [-0.4, -0.2) is 9.78 Å². The number of para-hydroxylation sites is 1. The number of hydrogen-bond donors (Lipinski definition) is 0. The van der Waals surface area contributed by atoms with Crippen LogP contribution in [0.15, 0.2) is 24.3 Å². The number of rotatable bonds is 4. The predicted octanol–water partition coefficient (Wildman–Crippen LogP) is 3.86. The minimum atomic E-state index is 0.417. The van der Waals surface area contributed by atoms with Crippen molar-refractivity contribution < 1.29 is 4.74 Å². The summed E-state index contributed by atoms with van der Waals surface area (Å²) >= 11 is 9.63. The monoisotopic (exact) mass is 328 g/mol. The third-order valence-corrected chi connectivity index (χ3v) is 3.84. The maximum atomic E-state index is 6.18. The Labute approximate surface area is 120 Å². The van der Waals surface area contributed by atoms with Gasteiger partial charge in [-0.2, -0.15) is 5.10 Å². The average Bonchev–Trinajstić information content (AvgIpc) is 2.62. The molecule has 96 valence electrons. The van der Waals surface area contributed by atoms with Crippen LogP contribution in [0, 0.1) is 6.92 Å². The van der Waals surface area contributed by atoms with Crippen LogP contribution < -0.4 is 4.74 Å². The van der Waals surface area contributed by atoms with E-state index in [1.807, 2.05) is 38.2 Å². The van der Waals surface area contributed by atoms with Gasteiger partial charge in [0.1, 0.15) is 12.4 Å². The largest absolute Gasteiger partial charge is 0.487 e. The highest BCUT2D eigenvalue weighted by atomic mass is 79.9. The first kappa shape index (κ1) is 13.4. The molecule has 5 heteroatoms. The predicted molar refractivity (Wildman–Crippen MR) is 76.4 cm³/mol. The number of halogens is 2. The Balaban J connectivity index is 2.16. The van der Waals surface area contributed by atoms with Crippen LogP contribution in [0.3, 0.4) is 0 Å². The van der Waals surface area contributed by atoms with Gasteiger partial charge in [0.05, 0.1) is 16.4 Å². The summed E-state index contributed by atoms with van der Waals surface area (Å²) in [6.07, 6.45) is 0. The Morgan fingerprint density at radius 1 is 1.39 bits per heavy atom. The minimum Gasteiger partial charge on any atom is -0.487 e. The van der Waals surface area contributed by atoms with Crippen molar-refractivity contribution in [2.24, 2.45) is 7.05 Å². The summed E-state index contributed by atoms with van der Waals surface area (Å²) in [4.78, 5) is 0. The lowest BCUT2D eigenvalue weighted by Crippen LogP contribution is -2.04. The second kappa shape index (κ2) is 5.76. The SMILES string of the molecule is Cc1nn(C)c(COc2ccccc2CBr)c1Cl. The van der Waals surface area contributed by atoms with Gasteiger partial charge in [-0.25, -0.2) is 0 Å². The van der Waals surface area contributed by atoms with Gasteiger partial charge in [0, 0.05) is 17.9 Å². The summed E-state index contributed by atoms with van der Waals surface area (Å²) in [6, 6.07) is 7.93. The fourth-order valence-corrected chi connectivity index (χ4v) is 2.42. The van der Waals surface area contributed by atoms with E-state index in [4.69, 9.17) is 16.3 Å². The van der Waals surface area contributed by atoms with Gasteiger partial charge in [0.25, 0.3) is 0 Å². The van der Waals surface area contributed by atoms with E-state index in [-0.39, 0.29) is 0 Å². The molecule has 1 heterocycles. The zero-order valence-corrected chi connectivity index (χ0v) is 12.6. The van der Waals surface area contributed by atoms with E-state index in [0.717, 1.165) is 28.0 Å². The summed E-state index contributed by atoms with van der Waals surface area (Å²) in [5.74, 6) is 0.865. The fraction of sp³-hybridized carbons (Fsp3) is 0.308. The van der Waals surface area contributed by atoms with E-state index < -0.39 is 0 Å². The smallest absolute Gasteiger partial charge is 0.131 e. The van der Waals surface area contributed by atoms with Gasteiger partial charge in [0.2, 0.25) is 0 Å². The highest BCUT2D eigenvalue weighted by molar-refractivity contribution is 9.08. The first-order chi connectivity index (χ1) is 8.63. The van der Waals surface area contributed by atoms with Gasteiger partial charge >= 0.3 is 0 Å². The summed E-state index contributed by atoms with van der Waals surface area (Å²) in [7, 11) is 1.87. The Morgan fingerprint density at radius 2 is 2.11 bits per heavy atom. The zero-order valence-electron chi connectivity index (χ0n) is 10.3. The van der Waals surface area contributed by atoms with Crippen molar-refractivity contribution >= 4 is 27.5 Å². The molecular weight excluding hydrogens is 316 g/mol. The van der Waals surface area contributed by atoms with Gasteiger partial charge in [-0.1, -0.05) is 45.7 Å². The van der Waals surface area contributed by atoms with Crippen molar-refractivity contribution in [1.29, 1.82) is 0 Å². The molecule has 0 amide bonds. The Kier molecular flexibility index (Phi) is 4.30. The number of alkyl halides is 1. The molecule has 0 aliphatic carbocycles. The molecule has 0 spiro atoms. The molecule has 3 nitrogen and oxygen atoms in total. The van der Waals surface area contributed by atoms with Crippen molar-refractivity contribution in [1.82, 2.24) is 9.78 Å². The standard InChI is InChI=1S/C13H14BrClN2O/c1-9-13(15)11(17(2)16-9)8-18-12-6-4-3-5-10(12)7-14/h3-6H,7-8H2,1-2H3. The summed E-state index contributed by atoms with van der Waals surface area (Å²) < 4.78 is 7.57. The van der Waals surface area contributed by atoms with E-state index in [1.165, 1.54) is 0 Å². The number of benzene rings is 1. The van der Waals surface area contributed by atoms with Crippen molar-refractivity contribution in [3.8, 4) is 5.75 Å². The van der Waals surface area contributed by atoms with Crippen LogP contribution in [-0.2, 0) is 19.0 Å². The molecule has 0 radical (unpaired) electrons. The van der Waals surface area contributed by atoms with E-state index in [2.05, 4.69) is 21.0 Å². The van der Waals surface area contributed by atoms with E-state index in [9.17, 15) is 0 Å². The van der Waals surface area contributed by atoms with Crippen LogP contribution in [0.4, 0.5) is 0 Å². The van der Waals surface area contributed by atoms with Crippen molar-refractivity contribution in [2.75, 3.05) is 0 Å². The summed E-state index contributed by atoms with van der Waals surface area (Å²) in [6.45, 7) is 2.30. The first-order valence-electron chi connectivity index (χ1n) is 5.58. The molecule has 0 fully saturated rings. The third kappa shape index (κ3) is 2.70. The molecule has 0 aliphatic heterocycles. The number of aryl methyl sites for hydroxylation is 2. The van der Waals surface area contributed by atoms with Gasteiger partial charge < -0.3 is 4.74 Å². The summed E-state index contributed by atoms with van der Waals surface area (Å²) in [5.41, 5.74) is 2.83. The highest BCUT2D eigenvalue weighted by Crippen LogP contribution is 2.24. The lowest BCUT2D eigenvalue weighted by molar-refractivity contribution is 0.293. The van der Waals surface area contributed by atoms with Crippen molar-refractivity contribution in [2.45, 2.75) is 18.9 Å². The molecule has 0 atom stereocenters. The Bertz CT molecular complexity index is 554. The average molecular weight is 330 g/mol. The van der Waals surface area contributed by atoms with Crippen LogP contribution >= 0.6 is 27.5 Å². The van der Waals surface area contributed by atoms with E-state index >= 15 is 0 Å². The topological polar surface area (TPSA) is 27.1 Å². The van der Waals surface area contributed by atoms with Crippen molar-refractivity contribution in [3.05, 3.63) is 46.2 Å². The fourth-order valence-electron chi connectivity index (χ4n) is 1.74. The van der Waals surface area contributed by atoms with Crippen LogP contribution in [0.1, 0.15) is 17.0 Å². The number of aromatic nitrogens is 2.